The van der Waals surface area contributed by atoms with Crippen LogP contribution < -0.4 is 5.84 Å². The van der Waals surface area contributed by atoms with Crippen LogP contribution in [0.4, 0.5) is 4.79 Å². The maximum absolute atomic E-state index is 13.0. The van der Waals surface area contributed by atoms with Crippen LogP contribution >= 0.6 is 0 Å². The lowest BCUT2D eigenvalue weighted by Gasteiger charge is -2.33. The predicted octanol–water partition coefficient (Wildman–Crippen LogP) is 2.37. The Morgan fingerprint density at radius 1 is 1.22 bits per heavy atom. The van der Waals surface area contributed by atoms with E-state index in [0.29, 0.717) is 23.9 Å². The summed E-state index contributed by atoms with van der Waals surface area (Å²) < 4.78 is 0. The van der Waals surface area contributed by atoms with Crippen LogP contribution in [0.1, 0.15) is 43.7 Å². The molecule has 2 unspecified atom stereocenters. The minimum atomic E-state index is -1.26. The number of rotatable bonds is 4. The third kappa shape index (κ3) is 3.47. The first-order valence-corrected chi connectivity index (χ1v) is 8.20. The van der Waals surface area contributed by atoms with Gasteiger partial charge in [-0.3, -0.25) is 4.79 Å². The van der Waals surface area contributed by atoms with E-state index in [1.807, 2.05) is 35.2 Å². The molecule has 1 heterocycles. The molecule has 2 atom stereocenters. The van der Waals surface area contributed by atoms with E-state index in [4.69, 9.17) is 10.9 Å². The molecular weight excluding hydrogens is 294 g/mol. The van der Waals surface area contributed by atoms with Gasteiger partial charge in [-0.25, -0.2) is 15.6 Å². The van der Waals surface area contributed by atoms with Crippen molar-refractivity contribution in [2.24, 2.45) is 11.8 Å². The average Bonchev–Trinajstić information content (AvgIpc) is 3.38. The number of carbonyl (C=O) groups is 2. The molecule has 6 nitrogen and oxygen atoms in total. The van der Waals surface area contributed by atoms with Gasteiger partial charge in [0.05, 0.1) is 6.04 Å². The van der Waals surface area contributed by atoms with Crippen LogP contribution in [-0.2, 0) is 4.79 Å². The van der Waals surface area contributed by atoms with Crippen LogP contribution in [-0.4, -0.2) is 39.6 Å². The number of nitrogens with zero attached hydrogens (tertiary/aromatic N) is 2. The molecule has 1 aliphatic heterocycles. The molecule has 2 aliphatic rings. The number of carboxylic acid groups (broad SMARTS) is 1. The van der Waals surface area contributed by atoms with Crippen molar-refractivity contribution in [2.75, 3.05) is 6.54 Å². The van der Waals surface area contributed by atoms with Gasteiger partial charge in [0.2, 0.25) is 5.91 Å². The molecule has 0 aromatic heterocycles. The molecule has 1 aromatic carbocycles. The van der Waals surface area contributed by atoms with Crippen molar-refractivity contribution < 1.29 is 14.7 Å². The molecule has 0 spiro atoms. The summed E-state index contributed by atoms with van der Waals surface area (Å²) >= 11 is 0. The Balaban J connectivity index is 1.88. The van der Waals surface area contributed by atoms with Crippen molar-refractivity contribution in [1.82, 2.24) is 9.91 Å². The number of amides is 2. The topological polar surface area (TPSA) is 86.9 Å². The van der Waals surface area contributed by atoms with Crippen LogP contribution in [0.25, 0.3) is 0 Å². The maximum atomic E-state index is 13.0. The summed E-state index contributed by atoms with van der Waals surface area (Å²) in [6.07, 6.45) is 3.12. The second kappa shape index (κ2) is 6.58. The summed E-state index contributed by atoms with van der Waals surface area (Å²) in [6, 6.07) is 9.22. The largest absolute Gasteiger partial charge is 0.464 e. The van der Waals surface area contributed by atoms with E-state index in [0.717, 1.165) is 31.2 Å². The lowest BCUT2D eigenvalue weighted by molar-refractivity contribution is -0.138. The van der Waals surface area contributed by atoms with E-state index >= 15 is 0 Å². The van der Waals surface area contributed by atoms with Gasteiger partial charge in [-0.2, -0.15) is 0 Å². The highest BCUT2D eigenvalue weighted by molar-refractivity contribution is 5.85. The first kappa shape index (κ1) is 15.8. The molecule has 124 valence electrons. The number of carbonyl (C=O) groups excluding carboxylic acids is 1. The number of nitrogens with two attached hydrogens (primary N) is 1. The van der Waals surface area contributed by atoms with E-state index in [9.17, 15) is 9.59 Å². The molecule has 3 rings (SSSR count). The molecule has 1 saturated heterocycles. The van der Waals surface area contributed by atoms with Gasteiger partial charge in [0.15, 0.2) is 0 Å². The van der Waals surface area contributed by atoms with Gasteiger partial charge in [-0.15, -0.1) is 0 Å². The van der Waals surface area contributed by atoms with Crippen LogP contribution in [0.3, 0.4) is 0 Å². The van der Waals surface area contributed by atoms with E-state index in [2.05, 4.69) is 0 Å². The third-order valence-corrected chi connectivity index (χ3v) is 4.79. The molecule has 1 aliphatic carbocycles. The van der Waals surface area contributed by atoms with Gasteiger partial charge >= 0.3 is 6.09 Å². The number of hydrogen-bond donors (Lipinski definition) is 2. The predicted molar refractivity (Wildman–Crippen MR) is 85.3 cm³/mol. The van der Waals surface area contributed by atoms with Gasteiger partial charge in [0.25, 0.3) is 0 Å². The highest BCUT2D eigenvalue weighted by atomic mass is 16.4. The lowest BCUT2D eigenvalue weighted by atomic mass is 10.0. The Morgan fingerprint density at radius 3 is 2.52 bits per heavy atom. The molecule has 2 fully saturated rings. The second-order valence-electron chi connectivity index (χ2n) is 6.50. The van der Waals surface area contributed by atoms with E-state index in [-0.39, 0.29) is 11.9 Å². The van der Waals surface area contributed by atoms with E-state index in [1.54, 1.807) is 0 Å². The minimum absolute atomic E-state index is 0.0106. The second-order valence-corrected chi connectivity index (χ2v) is 6.50. The Hall–Kier alpha value is -2.08. The number of hydrazine groups is 1. The zero-order chi connectivity index (χ0) is 16.4. The molecule has 3 N–H and O–H groups in total. The molecular formula is C17H23N3O3. The molecule has 0 bridgehead atoms. The van der Waals surface area contributed by atoms with Crippen molar-refractivity contribution >= 4 is 12.0 Å². The zero-order valence-electron chi connectivity index (χ0n) is 13.1. The third-order valence-electron chi connectivity index (χ3n) is 4.79. The summed E-state index contributed by atoms with van der Waals surface area (Å²) in [5.41, 5.74) is 1.11. The van der Waals surface area contributed by atoms with Crippen molar-refractivity contribution in [2.45, 2.75) is 44.2 Å². The molecule has 2 amide bonds. The molecule has 0 radical (unpaired) electrons. The average molecular weight is 317 g/mol. The van der Waals surface area contributed by atoms with Crippen LogP contribution in [0.2, 0.25) is 0 Å². The molecule has 1 saturated carbocycles. The molecule has 6 heteroatoms. The Bertz CT molecular complexity index is 574. The summed E-state index contributed by atoms with van der Waals surface area (Å²) in [7, 11) is 0. The van der Waals surface area contributed by atoms with Crippen molar-refractivity contribution in [3.8, 4) is 0 Å². The number of hydrogen-bond acceptors (Lipinski definition) is 3. The molecule has 1 aromatic rings. The Labute approximate surface area is 135 Å². The van der Waals surface area contributed by atoms with Gasteiger partial charge in [-0.05, 0) is 43.6 Å². The quantitative estimate of drug-likeness (QED) is 0.507. The van der Waals surface area contributed by atoms with Crippen LogP contribution in [0.5, 0.6) is 0 Å². The van der Waals surface area contributed by atoms with Gasteiger partial charge in [-0.1, -0.05) is 30.3 Å². The zero-order valence-corrected chi connectivity index (χ0v) is 13.1. The fraction of sp³-hybridized carbons (Fsp3) is 0.529. The van der Waals surface area contributed by atoms with E-state index in [1.165, 1.54) is 0 Å². The first-order chi connectivity index (χ1) is 11.1. The van der Waals surface area contributed by atoms with Crippen molar-refractivity contribution in [3.05, 3.63) is 35.9 Å². The smallest absolute Gasteiger partial charge is 0.422 e. The van der Waals surface area contributed by atoms with Crippen molar-refractivity contribution in [3.63, 3.8) is 0 Å². The lowest BCUT2D eigenvalue weighted by Crippen LogP contribution is -2.53. The Kier molecular flexibility index (Phi) is 4.52. The van der Waals surface area contributed by atoms with Crippen LogP contribution in [0.15, 0.2) is 30.3 Å². The summed E-state index contributed by atoms with van der Waals surface area (Å²) in [5.74, 6) is 6.01. The van der Waals surface area contributed by atoms with Gasteiger partial charge < -0.3 is 10.0 Å². The van der Waals surface area contributed by atoms with E-state index < -0.39 is 12.1 Å². The Morgan fingerprint density at radius 2 is 1.91 bits per heavy atom. The highest BCUT2D eigenvalue weighted by Crippen LogP contribution is 2.37. The minimum Gasteiger partial charge on any atom is -0.464 e. The monoisotopic (exact) mass is 317 g/mol. The number of benzene rings is 1. The number of likely N-dealkylation sites (tertiary alicyclic amines) is 1. The fourth-order valence-electron chi connectivity index (χ4n) is 3.34. The summed E-state index contributed by atoms with van der Waals surface area (Å²) in [4.78, 5) is 26.0. The summed E-state index contributed by atoms with van der Waals surface area (Å²) in [5, 5.41) is 9.81. The van der Waals surface area contributed by atoms with Crippen molar-refractivity contribution in [1.29, 1.82) is 0 Å². The standard InChI is InChI=1S/C17H23N3O3/c18-20(17(22)23)15-8-4-7-14(13-5-2-1-3-6-13)19(16(15)21)11-12-9-10-12/h1-3,5-6,12,14-15H,4,7-11,18H2,(H,22,23). The molecule has 23 heavy (non-hydrogen) atoms. The first-order valence-electron chi connectivity index (χ1n) is 8.20. The van der Waals surface area contributed by atoms with Crippen LogP contribution in [0, 0.1) is 5.92 Å². The summed E-state index contributed by atoms with van der Waals surface area (Å²) in [6.45, 7) is 0.697. The van der Waals surface area contributed by atoms with Gasteiger partial charge in [0, 0.05) is 6.54 Å². The normalized spacial score (nSPS) is 25.1. The fourth-order valence-corrected chi connectivity index (χ4v) is 3.34. The SMILES string of the molecule is NN(C(=O)O)C1CCCC(c2ccccc2)N(CC2CC2)C1=O. The maximum Gasteiger partial charge on any atom is 0.422 e. The highest BCUT2D eigenvalue weighted by Gasteiger charge is 2.39. The van der Waals surface area contributed by atoms with Gasteiger partial charge in [0.1, 0.15) is 6.04 Å².